The van der Waals surface area contributed by atoms with Crippen LogP contribution < -0.4 is 11.5 Å². The molecule has 0 radical (unpaired) electrons. The number of nitrogens with zero attached hydrogens (tertiary/aromatic N) is 1. The van der Waals surface area contributed by atoms with Crippen molar-refractivity contribution in [1.82, 2.24) is 4.90 Å². The van der Waals surface area contributed by atoms with Crippen molar-refractivity contribution in [2.75, 3.05) is 19.6 Å². The second kappa shape index (κ2) is 6.15. The quantitative estimate of drug-likeness (QED) is 0.797. The summed E-state index contributed by atoms with van der Waals surface area (Å²) in [5, 5.41) is 0. The number of nitrogens with two attached hydrogens (primary N) is 2. The van der Waals surface area contributed by atoms with Crippen molar-refractivity contribution in [2.45, 2.75) is 31.3 Å². The van der Waals surface area contributed by atoms with E-state index in [1.54, 1.807) is 0 Å². The Balaban J connectivity index is 1.84. The van der Waals surface area contributed by atoms with Crippen LogP contribution in [0.25, 0.3) is 0 Å². The fraction of sp³-hybridized carbons (Fsp3) is 0.571. The van der Waals surface area contributed by atoms with Crippen LogP contribution in [0.3, 0.4) is 0 Å². The van der Waals surface area contributed by atoms with E-state index in [9.17, 15) is 0 Å². The molecule has 1 aromatic rings. The van der Waals surface area contributed by atoms with Crippen molar-refractivity contribution in [2.24, 2.45) is 11.5 Å². The Morgan fingerprint density at radius 2 is 2.06 bits per heavy atom. The molecule has 0 aromatic heterocycles. The lowest BCUT2D eigenvalue weighted by atomic mass is 10.0. The van der Waals surface area contributed by atoms with Crippen LogP contribution >= 0.6 is 0 Å². The third kappa shape index (κ3) is 3.53. The summed E-state index contributed by atoms with van der Waals surface area (Å²) in [5.41, 5.74) is 13.2. The summed E-state index contributed by atoms with van der Waals surface area (Å²) in [4.78, 5) is 2.45. The van der Waals surface area contributed by atoms with Crippen LogP contribution in [0, 0.1) is 0 Å². The zero-order chi connectivity index (χ0) is 12.1. The summed E-state index contributed by atoms with van der Waals surface area (Å²) in [5.74, 6) is 0. The number of rotatable bonds is 5. The van der Waals surface area contributed by atoms with E-state index in [2.05, 4.69) is 35.2 Å². The molecule has 1 fully saturated rings. The summed E-state index contributed by atoms with van der Waals surface area (Å²) in [6.07, 6.45) is 3.35. The lowest BCUT2D eigenvalue weighted by Crippen LogP contribution is -2.40. The fourth-order valence-corrected chi connectivity index (χ4v) is 2.57. The molecular formula is C14H23N3. The monoisotopic (exact) mass is 233 g/mol. The lowest BCUT2D eigenvalue weighted by Gasteiger charge is -2.26. The lowest BCUT2D eigenvalue weighted by molar-refractivity contribution is 0.233. The Morgan fingerprint density at radius 3 is 2.65 bits per heavy atom. The van der Waals surface area contributed by atoms with Gasteiger partial charge in [0, 0.05) is 31.7 Å². The van der Waals surface area contributed by atoms with Gasteiger partial charge in [0.05, 0.1) is 0 Å². The maximum atomic E-state index is 5.94. The maximum Gasteiger partial charge on any atom is 0.0222 e. The Bertz CT molecular complexity index is 325. The van der Waals surface area contributed by atoms with Gasteiger partial charge in [-0.1, -0.05) is 30.3 Å². The van der Waals surface area contributed by atoms with Crippen molar-refractivity contribution in [3.8, 4) is 0 Å². The smallest absolute Gasteiger partial charge is 0.0222 e. The maximum absolute atomic E-state index is 5.94. The molecule has 1 aromatic carbocycles. The molecule has 2 atom stereocenters. The Hall–Kier alpha value is -0.900. The molecule has 1 aliphatic rings. The van der Waals surface area contributed by atoms with E-state index in [0.29, 0.717) is 12.1 Å². The fourth-order valence-electron chi connectivity index (χ4n) is 2.57. The molecule has 3 nitrogen and oxygen atoms in total. The minimum atomic E-state index is 0.348. The predicted molar refractivity (Wildman–Crippen MR) is 71.8 cm³/mol. The first-order valence-corrected chi connectivity index (χ1v) is 6.53. The second-order valence-electron chi connectivity index (χ2n) is 4.96. The van der Waals surface area contributed by atoms with Crippen LogP contribution in [0.4, 0.5) is 0 Å². The highest BCUT2D eigenvalue weighted by Gasteiger charge is 2.24. The second-order valence-corrected chi connectivity index (χ2v) is 4.96. The van der Waals surface area contributed by atoms with Crippen LogP contribution in [0.2, 0.25) is 0 Å². The van der Waals surface area contributed by atoms with E-state index in [1.165, 1.54) is 5.56 Å². The van der Waals surface area contributed by atoms with Gasteiger partial charge in [-0.15, -0.1) is 0 Å². The van der Waals surface area contributed by atoms with Gasteiger partial charge in [-0.05, 0) is 24.8 Å². The number of likely N-dealkylation sites (tertiary alicyclic amines) is 1. The third-order valence-electron chi connectivity index (χ3n) is 3.65. The Kier molecular flexibility index (Phi) is 4.54. The van der Waals surface area contributed by atoms with Crippen LogP contribution in [0.15, 0.2) is 30.3 Å². The number of benzene rings is 1. The number of hydrogen-bond donors (Lipinski definition) is 2. The van der Waals surface area contributed by atoms with Crippen LogP contribution in [-0.4, -0.2) is 36.6 Å². The van der Waals surface area contributed by atoms with Gasteiger partial charge in [-0.3, -0.25) is 4.90 Å². The van der Waals surface area contributed by atoms with E-state index < -0.39 is 0 Å². The molecular weight excluding hydrogens is 210 g/mol. The molecule has 1 saturated heterocycles. The van der Waals surface area contributed by atoms with Gasteiger partial charge in [0.15, 0.2) is 0 Å². The molecule has 0 aliphatic carbocycles. The van der Waals surface area contributed by atoms with E-state index in [0.717, 1.165) is 38.9 Å². The zero-order valence-electron chi connectivity index (χ0n) is 10.4. The molecule has 17 heavy (non-hydrogen) atoms. The minimum Gasteiger partial charge on any atom is -0.329 e. The van der Waals surface area contributed by atoms with Gasteiger partial charge in [0.25, 0.3) is 0 Å². The van der Waals surface area contributed by atoms with Crippen molar-refractivity contribution in [3.63, 3.8) is 0 Å². The third-order valence-corrected chi connectivity index (χ3v) is 3.65. The van der Waals surface area contributed by atoms with Crippen molar-refractivity contribution >= 4 is 0 Å². The highest BCUT2D eigenvalue weighted by Crippen LogP contribution is 2.15. The topological polar surface area (TPSA) is 55.3 Å². The van der Waals surface area contributed by atoms with Crippen molar-refractivity contribution < 1.29 is 0 Å². The summed E-state index contributed by atoms with van der Waals surface area (Å²) in [6.45, 7) is 2.86. The van der Waals surface area contributed by atoms with E-state index in [4.69, 9.17) is 11.5 Å². The van der Waals surface area contributed by atoms with Gasteiger partial charge < -0.3 is 11.5 Å². The van der Waals surface area contributed by atoms with Gasteiger partial charge in [-0.2, -0.15) is 0 Å². The van der Waals surface area contributed by atoms with Crippen LogP contribution in [0.5, 0.6) is 0 Å². The molecule has 0 spiro atoms. The molecule has 0 bridgehead atoms. The Morgan fingerprint density at radius 1 is 1.29 bits per heavy atom. The average Bonchev–Trinajstić information content (AvgIpc) is 2.78. The molecule has 0 amide bonds. The SMILES string of the molecule is NCC(CCc1ccccc1)N1CCC(N)C1. The standard InChI is InChI=1S/C14H23N3/c15-10-14(17-9-8-13(16)11-17)7-6-12-4-2-1-3-5-12/h1-5,13-14H,6-11,15-16H2. The Labute approximate surface area is 104 Å². The molecule has 1 aliphatic heterocycles. The van der Waals surface area contributed by atoms with Crippen LogP contribution in [0.1, 0.15) is 18.4 Å². The zero-order valence-corrected chi connectivity index (χ0v) is 10.4. The van der Waals surface area contributed by atoms with E-state index >= 15 is 0 Å². The van der Waals surface area contributed by atoms with Gasteiger partial charge in [-0.25, -0.2) is 0 Å². The summed E-state index contributed by atoms with van der Waals surface area (Å²) in [7, 11) is 0. The normalized spacial score (nSPS) is 22.8. The molecule has 0 saturated carbocycles. The van der Waals surface area contributed by atoms with E-state index in [1.807, 2.05) is 0 Å². The van der Waals surface area contributed by atoms with Gasteiger partial charge in [0.2, 0.25) is 0 Å². The summed E-state index contributed by atoms with van der Waals surface area (Å²) < 4.78 is 0. The highest BCUT2D eigenvalue weighted by molar-refractivity contribution is 5.14. The molecule has 4 N–H and O–H groups in total. The largest absolute Gasteiger partial charge is 0.329 e. The first-order chi connectivity index (χ1) is 8.29. The first kappa shape index (κ1) is 12.6. The highest BCUT2D eigenvalue weighted by atomic mass is 15.2. The average molecular weight is 233 g/mol. The minimum absolute atomic E-state index is 0.348. The van der Waals surface area contributed by atoms with Gasteiger partial charge >= 0.3 is 0 Å². The number of hydrogen-bond acceptors (Lipinski definition) is 3. The summed E-state index contributed by atoms with van der Waals surface area (Å²) >= 11 is 0. The molecule has 2 unspecified atom stereocenters. The van der Waals surface area contributed by atoms with Crippen molar-refractivity contribution in [3.05, 3.63) is 35.9 Å². The molecule has 2 rings (SSSR count). The summed E-state index contributed by atoms with van der Waals surface area (Å²) in [6, 6.07) is 11.5. The number of aryl methyl sites for hydroxylation is 1. The van der Waals surface area contributed by atoms with E-state index in [-0.39, 0.29) is 0 Å². The van der Waals surface area contributed by atoms with Gasteiger partial charge in [0.1, 0.15) is 0 Å². The molecule has 94 valence electrons. The predicted octanol–water partition coefficient (Wildman–Crippen LogP) is 0.980. The molecule has 3 heteroatoms. The van der Waals surface area contributed by atoms with Crippen molar-refractivity contribution in [1.29, 1.82) is 0 Å². The first-order valence-electron chi connectivity index (χ1n) is 6.53. The molecule has 1 heterocycles. The van der Waals surface area contributed by atoms with Crippen LogP contribution in [-0.2, 0) is 6.42 Å².